The first-order valence-electron chi connectivity index (χ1n) is 6.59. The molecule has 4 nitrogen and oxygen atoms in total. The van der Waals surface area contributed by atoms with Crippen LogP contribution in [0.4, 0.5) is 0 Å². The van der Waals surface area contributed by atoms with E-state index in [1.165, 1.54) is 0 Å². The van der Waals surface area contributed by atoms with Crippen LogP contribution in [0.3, 0.4) is 0 Å². The van der Waals surface area contributed by atoms with Gasteiger partial charge in [-0.1, -0.05) is 18.2 Å². The van der Waals surface area contributed by atoms with Crippen molar-refractivity contribution in [1.82, 2.24) is 14.8 Å². The molecule has 0 bridgehead atoms. The lowest BCUT2D eigenvalue weighted by Crippen LogP contribution is -2.03. The number of rotatable bonds is 3. The van der Waals surface area contributed by atoms with Gasteiger partial charge in [-0.3, -0.25) is 4.68 Å². The second-order valence-corrected chi connectivity index (χ2v) is 6.22. The molecule has 0 radical (unpaired) electrons. The fourth-order valence-corrected chi connectivity index (χ4v) is 3.49. The van der Waals surface area contributed by atoms with E-state index in [4.69, 9.17) is 0 Å². The molecule has 0 spiro atoms. The Labute approximate surface area is 121 Å². The van der Waals surface area contributed by atoms with Crippen molar-refractivity contribution in [1.29, 1.82) is 0 Å². The summed E-state index contributed by atoms with van der Waals surface area (Å²) in [4.78, 5) is 5.32. The topological polar surface area (TPSA) is 50.9 Å². The molecule has 20 heavy (non-hydrogen) atoms. The Hall–Kier alpha value is -1.72. The van der Waals surface area contributed by atoms with E-state index in [2.05, 4.69) is 16.1 Å². The Morgan fingerprint density at radius 3 is 2.75 bits per heavy atom. The monoisotopic (exact) mass is 287 g/mol. The number of aliphatic hydroxyl groups excluding tert-OH is 1. The van der Waals surface area contributed by atoms with E-state index >= 15 is 0 Å². The summed E-state index contributed by atoms with van der Waals surface area (Å²) in [5, 5.41) is 17.1. The first-order valence-corrected chi connectivity index (χ1v) is 7.40. The predicted molar refractivity (Wildman–Crippen MR) is 81.0 cm³/mol. The van der Waals surface area contributed by atoms with Crippen LogP contribution in [-0.2, 0) is 13.5 Å². The maximum absolute atomic E-state index is 10.5. The number of fused-ring (bicyclic) bond motifs is 1. The van der Waals surface area contributed by atoms with Gasteiger partial charge in [0.2, 0.25) is 0 Å². The number of nitrogens with zero attached hydrogens (tertiary/aromatic N) is 3. The number of aliphatic hydroxyl groups is 1. The normalized spacial score (nSPS) is 13.0. The molecule has 0 aliphatic carbocycles. The number of hydrogen-bond acceptors (Lipinski definition) is 4. The Kier molecular flexibility index (Phi) is 3.31. The fraction of sp³-hybridized carbons (Fsp3) is 0.333. The van der Waals surface area contributed by atoms with Gasteiger partial charge in [0.15, 0.2) is 0 Å². The maximum Gasteiger partial charge on any atom is 0.0957 e. The van der Waals surface area contributed by atoms with Crippen molar-refractivity contribution < 1.29 is 5.11 Å². The molecule has 3 rings (SSSR count). The zero-order valence-corrected chi connectivity index (χ0v) is 12.6. The smallest absolute Gasteiger partial charge is 0.0957 e. The molecule has 0 fully saturated rings. The molecule has 0 amide bonds. The van der Waals surface area contributed by atoms with Gasteiger partial charge in [0.25, 0.3) is 0 Å². The minimum atomic E-state index is -0.542. The van der Waals surface area contributed by atoms with Crippen LogP contribution in [0.5, 0.6) is 0 Å². The summed E-state index contributed by atoms with van der Waals surface area (Å²) < 4.78 is 1.86. The Morgan fingerprint density at radius 1 is 1.30 bits per heavy atom. The van der Waals surface area contributed by atoms with Crippen LogP contribution >= 0.6 is 11.3 Å². The molecule has 0 saturated carbocycles. The molecule has 3 aromatic rings. The van der Waals surface area contributed by atoms with E-state index in [1.807, 2.05) is 43.8 Å². The van der Waals surface area contributed by atoms with Gasteiger partial charge in [-0.15, -0.1) is 11.3 Å². The van der Waals surface area contributed by atoms with Gasteiger partial charge >= 0.3 is 0 Å². The van der Waals surface area contributed by atoms with E-state index in [9.17, 15) is 5.11 Å². The molecular weight excluding hydrogens is 270 g/mol. The van der Waals surface area contributed by atoms with Crippen molar-refractivity contribution in [2.45, 2.75) is 26.4 Å². The van der Waals surface area contributed by atoms with Crippen molar-refractivity contribution in [3.05, 3.63) is 45.5 Å². The number of hydrogen-bond donors (Lipinski definition) is 1. The SMILES string of the molecule is Cc1nc(C)c(C(O)Cc2nn(C)c3ccccc23)s1. The number of thiazole rings is 1. The standard InChI is InChI=1S/C15H17N3OS/c1-9-15(20-10(2)16-9)14(19)8-12-11-6-4-5-7-13(11)18(3)17-12/h4-7,14,19H,8H2,1-3H3. The lowest BCUT2D eigenvalue weighted by Gasteiger charge is -2.07. The van der Waals surface area contributed by atoms with E-state index in [-0.39, 0.29) is 0 Å². The summed E-state index contributed by atoms with van der Waals surface area (Å²) in [6.07, 6.45) is -0.0244. The van der Waals surface area contributed by atoms with Gasteiger partial charge in [-0.25, -0.2) is 4.98 Å². The average molecular weight is 287 g/mol. The van der Waals surface area contributed by atoms with Crippen molar-refractivity contribution >= 4 is 22.2 Å². The van der Waals surface area contributed by atoms with Gasteiger partial charge in [0.1, 0.15) is 0 Å². The molecule has 2 heterocycles. The molecule has 0 aliphatic heterocycles. The first kappa shape index (κ1) is 13.3. The van der Waals surface area contributed by atoms with E-state index in [1.54, 1.807) is 11.3 Å². The summed E-state index contributed by atoms with van der Waals surface area (Å²) in [5.41, 5.74) is 2.94. The number of aromatic nitrogens is 3. The summed E-state index contributed by atoms with van der Waals surface area (Å²) in [7, 11) is 1.93. The van der Waals surface area contributed by atoms with E-state index < -0.39 is 6.10 Å². The highest BCUT2D eigenvalue weighted by Gasteiger charge is 2.18. The highest BCUT2D eigenvalue weighted by Crippen LogP contribution is 2.29. The third kappa shape index (κ3) is 2.23. The van der Waals surface area contributed by atoms with Crippen LogP contribution in [0.2, 0.25) is 0 Å². The highest BCUT2D eigenvalue weighted by atomic mass is 32.1. The Balaban J connectivity index is 1.95. The van der Waals surface area contributed by atoms with Gasteiger partial charge in [-0.05, 0) is 19.9 Å². The van der Waals surface area contributed by atoms with E-state index in [0.29, 0.717) is 6.42 Å². The molecular formula is C15H17N3OS. The van der Waals surface area contributed by atoms with Gasteiger partial charge in [0.05, 0.1) is 32.9 Å². The number of benzene rings is 1. The highest BCUT2D eigenvalue weighted by molar-refractivity contribution is 7.11. The summed E-state index contributed by atoms with van der Waals surface area (Å²) >= 11 is 1.56. The summed E-state index contributed by atoms with van der Waals surface area (Å²) in [6, 6.07) is 8.10. The van der Waals surface area contributed by atoms with Crippen LogP contribution in [0.25, 0.3) is 10.9 Å². The zero-order chi connectivity index (χ0) is 14.3. The second-order valence-electron chi connectivity index (χ2n) is 4.99. The molecule has 1 atom stereocenters. The zero-order valence-electron chi connectivity index (χ0n) is 11.8. The van der Waals surface area contributed by atoms with Crippen LogP contribution in [-0.4, -0.2) is 19.9 Å². The van der Waals surface area contributed by atoms with E-state index in [0.717, 1.165) is 32.2 Å². The summed E-state index contributed by atoms with van der Waals surface area (Å²) in [6.45, 7) is 3.91. The molecule has 2 aromatic heterocycles. The number of aryl methyl sites for hydroxylation is 3. The maximum atomic E-state index is 10.5. The molecule has 1 unspecified atom stereocenters. The van der Waals surface area contributed by atoms with Crippen molar-refractivity contribution in [2.24, 2.45) is 7.05 Å². The van der Waals surface area contributed by atoms with Crippen LogP contribution in [0.15, 0.2) is 24.3 Å². The molecule has 0 aliphatic rings. The third-order valence-corrected chi connectivity index (χ3v) is 4.64. The number of para-hydroxylation sites is 1. The molecule has 1 aromatic carbocycles. The summed E-state index contributed by atoms with van der Waals surface area (Å²) in [5.74, 6) is 0. The minimum absolute atomic E-state index is 0.518. The molecule has 1 N–H and O–H groups in total. The van der Waals surface area contributed by atoms with Crippen molar-refractivity contribution in [2.75, 3.05) is 0 Å². The van der Waals surface area contributed by atoms with Crippen molar-refractivity contribution in [3.63, 3.8) is 0 Å². The van der Waals surface area contributed by atoms with Crippen LogP contribution in [0.1, 0.15) is 27.4 Å². The molecule has 104 valence electrons. The lowest BCUT2D eigenvalue weighted by atomic mass is 10.1. The van der Waals surface area contributed by atoms with Gasteiger partial charge < -0.3 is 5.11 Å². The Morgan fingerprint density at radius 2 is 2.05 bits per heavy atom. The minimum Gasteiger partial charge on any atom is -0.387 e. The Bertz CT molecular complexity index is 760. The fourth-order valence-electron chi connectivity index (χ4n) is 2.57. The lowest BCUT2D eigenvalue weighted by molar-refractivity contribution is 0.180. The van der Waals surface area contributed by atoms with Crippen LogP contribution in [0, 0.1) is 13.8 Å². The second kappa shape index (κ2) is 5.00. The van der Waals surface area contributed by atoms with Crippen molar-refractivity contribution in [3.8, 4) is 0 Å². The van der Waals surface area contributed by atoms with Gasteiger partial charge in [0, 0.05) is 18.9 Å². The van der Waals surface area contributed by atoms with Crippen LogP contribution < -0.4 is 0 Å². The average Bonchev–Trinajstić information content (AvgIpc) is 2.91. The largest absolute Gasteiger partial charge is 0.387 e. The predicted octanol–water partition coefficient (Wildman–Crippen LogP) is 2.92. The third-order valence-electron chi connectivity index (χ3n) is 3.46. The first-order chi connectivity index (χ1) is 9.56. The quantitative estimate of drug-likeness (QED) is 0.806. The molecule has 0 saturated heterocycles. The van der Waals surface area contributed by atoms with Gasteiger partial charge in [-0.2, -0.15) is 5.10 Å². The molecule has 5 heteroatoms.